The monoisotopic (exact) mass is 461 g/mol. The van der Waals surface area contributed by atoms with Gasteiger partial charge >= 0.3 is 0 Å². The summed E-state index contributed by atoms with van der Waals surface area (Å²) in [4.78, 5) is 17.5. The molecular weight excluding hydrogens is 426 g/mol. The van der Waals surface area contributed by atoms with Crippen LogP contribution >= 0.6 is 0 Å². The lowest BCUT2D eigenvalue weighted by Gasteiger charge is -2.32. The van der Waals surface area contributed by atoms with Crippen molar-refractivity contribution in [2.75, 3.05) is 44.2 Å². The number of benzene rings is 1. The number of piperidine rings is 1. The summed E-state index contributed by atoms with van der Waals surface area (Å²) < 4.78 is 1.82. The minimum Gasteiger partial charge on any atom is -0.355 e. The minimum absolute atomic E-state index is 0.0853. The molecule has 0 aliphatic carbocycles. The highest BCUT2D eigenvalue weighted by Gasteiger charge is 2.26. The molecule has 1 amide bonds. The normalized spacial score (nSPS) is 18.2. The Morgan fingerprint density at radius 2 is 1.68 bits per heavy atom. The first kappa shape index (κ1) is 22.8. The van der Waals surface area contributed by atoms with Gasteiger partial charge in [-0.3, -0.25) is 4.79 Å². The lowest BCUT2D eigenvalue weighted by molar-refractivity contribution is -0.125. The summed E-state index contributed by atoms with van der Waals surface area (Å²) in [6.45, 7) is 7.79. The molecule has 0 saturated carbocycles. The Morgan fingerprint density at radius 1 is 0.941 bits per heavy atom. The van der Waals surface area contributed by atoms with Crippen molar-refractivity contribution in [3.8, 4) is 11.4 Å². The largest absolute Gasteiger partial charge is 0.355 e. The van der Waals surface area contributed by atoms with E-state index in [2.05, 4.69) is 56.5 Å². The molecule has 1 N–H and O–H groups in total. The van der Waals surface area contributed by atoms with Crippen LogP contribution in [0.3, 0.4) is 0 Å². The first-order valence-corrected chi connectivity index (χ1v) is 12.7. The van der Waals surface area contributed by atoms with Crippen LogP contribution in [0, 0.1) is 12.8 Å². The predicted octanol–water partition coefficient (Wildman–Crippen LogP) is 3.31. The molecule has 34 heavy (non-hydrogen) atoms. The summed E-state index contributed by atoms with van der Waals surface area (Å²) >= 11 is 0. The third-order valence-electron chi connectivity index (χ3n) is 7.17. The number of anilines is 1. The number of hydrogen-bond donors (Lipinski definition) is 1. The van der Waals surface area contributed by atoms with Gasteiger partial charge in [0.15, 0.2) is 11.5 Å². The molecule has 8 heteroatoms. The van der Waals surface area contributed by atoms with Crippen molar-refractivity contribution in [1.82, 2.24) is 30.0 Å². The van der Waals surface area contributed by atoms with Crippen LogP contribution < -0.4 is 10.2 Å². The number of aryl methyl sites for hydroxylation is 1. The second-order valence-electron chi connectivity index (χ2n) is 9.66. The third kappa shape index (κ3) is 5.22. The molecule has 0 spiro atoms. The zero-order valence-corrected chi connectivity index (χ0v) is 20.1. The van der Waals surface area contributed by atoms with Crippen molar-refractivity contribution in [3.63, 3.8) is 0 Å². The fraction of sp³-hybridized carbons (Fsp3) is 0.538. The molecule has 2 fully saturated rings. The number of carbonyl (C=O) groups excluding carboxylic acids is 1. The van der Waals surface area contributed by atoms with Gasteiger partial charge in [-0.1, -0.05) is 42.7 Å². The van der Waals surface area contributed by atoms with Crippen LogP contribution in [0.15, 0.2) is 36.4 Å². The van der Waals surface area contributed by atoms with Gasteiger partial charge in [-0.15, -0.1) is 15.3 Å². The summed E-state index contributed by atoms with van der Waals surface area (Å²) in [5, 5.41) is 16.7. The highest BCUT2D eigenvalue weighted by Crippen LogP contribution is 2.24. The number of nitrogens with zero attached hydrogens (tertiary/aromatic N) is 6. The van der Waals surface area contributed by atoms with Crippen molar-refractivity contribution in [1.29, 1.82) is 0 Å². The molecule has 2 saturated heterocycles. The molecule has 3 aromatic rings. The Hall–Kier alpha value is -3.00. The van der Waals surface area contributed by atoms with E-state index in [1.165, 1.54) is 44.3 Å². The average Bonchev–Trinajstić information content (AvgIpc) is 3.11. The maximum Gasteiger partial charge on any atom is 0.223 e. The van der Waals surface area contributed by atoms with Crippen LogP contribution in [0.25, 0.3) is 17.0 Å². The Labute approximate surface area is 201 Å². The second kappa shape index (κ2) is 10.5. The summed E-state index contributed by atoms with van der Waals surface area (Å²) in [6.07, 6.45) is 6.95. The molecule has 2 aliphatic heterocycles. The van der Waals surface area contributed by atoms with Crippen molar-refractivity contribution >= 4 is 17.4 Å². The van der Waals surface area contributed by atoms with Gasteiger partial charge in [0.2, 0.25) is 5.91 Å². The van der Waals surface area contributed by atoms with Crippen LogP contribution in [0.5, 0.6) is 0 Å². The number of fused-ring (bicyclic) bond motifs is 1. The fourth-order valence-electron chi connectivity index (χ4n) is 5.04. The van der Waals surface area contributed by atoms with Gasteiger partial charge in [0, 0.05) is 37.7 Å². The highest BCUT2D eigenvalue weighted by molar-refractivity contribution is 5.79. The summed E-state index contributed by atoms with van der Waals surface area (Å²) in [5.41, 5.74) is 2.94. The van der Waals surface area contributed by atoms with E-state index in [1.54, 1.807) is 0 Å². The Balaban J connectivity index is 1.16. The molecule has 8 nitrogen and oxygen atoms in total. The van der Waals surface area contributed by atoms with Gasteiger partial charge < -0.3 is 15.1 Å². The van der Waals surface area contributed by atoms with Gasteiger partial charge in [0.25, 0.3) is 0 Å². The summed E-state index contributed by atoms with van der Waals surface area (Å²) in [6, 6.07) is 12.2. The number of hydrogen-bond acceptors (Lipinski definition) is 6. The van der Waals surface area contributed by atoms with E-state index in [0.29, 0.717) is 0 Å². The van der Waals surface area contributed by atoms with E-state index in [9.17, 15) is 4.79 Å². The van der Waals surface area contributed by atoms with E-state index < -0.39 is 0 Å². The molecular formula is C26H35N7O. The molecule has 180 valence electrons. The molecule has 2 aromatic heterocycles. The second-order valence-corrected chi connectivity index (χ2v) is 9.66. The van der Waals surface area contributed by atoms with Crippen LogP contribution in [-0.4, -0.2) is 69.9 Å². The van der Waals surface area contributed by atoms with Crippen LogP contribution in [0.2, 0.25) is 0 Å². The lowest BCUT2D eigenvalue weighted by atomic mass is 9.96. The Morgan fingerprint density at radius 3 is 2.41 bits per heavy atom. The number of carbonyl (C=O) groups is 1. The Kier molecular flexibility index (Phi) is 7.04. The molecule has 0 bridgehead atoms. The maximum atomic E-state index is 12.7. The lowest BCUT2D eigenvalue weighted by Crippen LogP contribution is -2.43. The molecule has 0 unspecified atom stereocenters. The fourth-order valence-corrected chi connectivity index (χ4v) is 5.04. The van der Waals surface area contributed by atoms with Crippen molar-refractivity contribution < 1.29 is 4.79 Å². The minimum atomic E-state index is 0.0853. The zero-order valence-electron chi connectivity index (χ0n) is 20.1. The number of nitrogens with one attached hydrogen (secondary N) is 1. The van der Waals surface area contributed by atoms with Gasteiger partial charge in [0.05, 0.1) is 0 Å². The summed E-state index contributed by atoms with van der Waals surface area (Å²) in [7, 11) is 0. The van der Waals surface area contributed by atoms with Gasteiger partial charge in [-0.2, -0.15) is 4.52 Å². The smallest absolute Gasteiger partial charge is 0.223 e. The first-order chi connectivity index (χ1) is 16.7. The van der Waals surface area contributed by atoms with E-state index >= 15 is 0 Å². The number of amides is 1. The quantitative estimate of drug-likeness (QED) is 0.607. The predicted molar refractivity (Wildman–Crippen MR) is 134 cm³/mol. The number of aromatic nitrogens is 4. The molecule has 4 heterocycles. The standard InChI is InChI=1S/C26H35N7O/c1-20-6-8-21(9-7-20)25-29-28-23-10-11-24(30-33(23)25)32-17-12-22(13-18-32)26(34)27-14-19-31-15-4-2-3-5-16-31/h6-11,22H,2-5,12-19H2,1H3,(H,27,34). The number of rotatable bonds is 6. The number of likely N-dealkylation sites (tertiary alicyclic amines) is 1. The van der Waals surface area contributed by atoms with Gasteiger partial charge in [-0.05, 0) is 57.8 Å². The van der Waals surface area contributed by atoms with Crippen molar-refractivity contribution in [2.45, 2.75) is 45.4 Å². The third-order valence-corrected chi connectivity index (χ3v) is 7.17. The van der Waals surface area contributed by atoms with Gasteiger partial charge in [-0.25, -0.2) is 0 Å². The SMILES string of the molecule is Cc1ccc(-c2nnc3ccc(N4CCC(C(=O)NCCN5CCCCCC5)CC4)nn23)cc1. The topological polar surface area (TPSA) is 78.7 Å². The van der Waals surface area contributed by atoms with Crippen molar-refractivity contribution in [2.24, 2.45) is 5.92 Å². The van der Waals surface area contributed by atoms with Crippen molar-refractivity contribution in [3.05, 3.63) is 42.0 Å². The molecule has 2 aliphatic rings. The van der Waals surface area contributed by atoms with Crippen LogP contribution in [-0.2, 0) is 4.79 Å². The van der Waals surface area contributed by atoms with Gasteiger partial charge in [0.1, 0.15) is 5.82 Å². The molecule has 0 radical (unpaired) electrons. The van der Waals surface area contributed by atoms with E-state index in [1.807, 2.05) is 16.6 Å². The molecule has 1 aromatic carbocycles. The Bertz CT molecular complexity index is 1090. The van der Waals surface area contributed by atoms with E-state index in [4.69, 9.17) is 5.10 Å². The zero-order chi connectivity index (χ0) is 23.3. The molecule has 0 atom stereocenters. The maximum absolute atomic E-state index is 12.7. The van der Waals surface area contributed by atoms with E-state index in [0.717, 1.165) is 61.9 Å². The van der Waals surface area contributed by atoms with E-state index in [-0.39, 0.29) is 11.8 Å². The van der Waals surface area contributed by atoms with Crippen LogP contribution in [0.4, 0.5) is 5.82 Å². The summed E-state index contributed by atoms with van der Waals surface area (Å²) in [5.74, 6) is 1.94. The molecule has 5 rings (SSSR count). The highest BCUT2D eigenvalue weighted by atomic mass is 16.1. The average molecular weight is 462 g/mol. The van der Waals surface area contributed by atoms with Crippen LogP contribution in [0.1, 0.15) is 44.1 Å². The first-order valence-electron chi connectivity index (χ1n) is 12.7.